The number of hydrogen-bond acceptors (Lipinski definition) is 3. The first-order valence-electron chi connectivity index (χ1n) is 2.75. The predicted octanol–water partition coefficient (Wildman–Crippen LogP) is 2.08. The summed E-state index contributed by atoms with van der Waals surface area (Å²) < 4.78 is 0. The lowest BCUT2D eigenvalue weighted by atomic mass is 10.4. The van der Waals surface area contributed by atoms with Gasteiger partial charge in [0.15, 0.2) is 5.78 Å². The Balaban J connectivity index is 2.88. The summed E-state index contributed by atoms with van der Waals surface area (Å²) in [6.45, 7) is 1.49. The van der Waals surface area contributed by atoms with Crippen LogP contribution in [0.5, 0.6) is 0 Å². The highest BCUT2D eigenvalue weighted by Gasteiger charge is 2.03. The molecule has 54 valence electrons. The Morgan fingerprint density at radius 2 is 2.60 bits per heavy atom. The van der Waals surface area contributed by atoms with Crippen LogP contribution < -0.4 is 0 Å². The molecule has 1 heterocycles. The number of thiazole rings is 1. The van der Waals surface area contributed by atoms with Crippen molar-refractivity contribution in [3.05, 3.63) is 16.1 Å². The second kappa shape index (κ2) is 3.12. The molecule has 1 rings (SSSR count). The van der Waals surface area contributed by atoms with Crippen LogP contribution in [0.4, 0.5) is 0 Å². The van der Waals surface area contributed by atoms with Crippen molar-refractivity contribution in [3.63, 3.8) is 0 Å². The quantitative estimate of drug-likeness (QED) is 0.509. The summed E-state index contributed by atoms with van der Waals surface area (Å²) in [5.74, 6) is 0.380. The molecule has 0 spiro atoms. The Labute approximate surface area is 67.9 Å². The number of ketones is 1. The zero-order valence-electron chi connectivity index (χ0n) is 5.43. The van der Waals surface area contributed by atoms with Gasteiger partial charge in [0.25, 0.3) is 0 Å². The van der Waals surface area contributed by atoms with E-state index in [2.05, 4.69) is 4.98 Å². The van der Waals surface area contributed by atoms with E-state index in [0.29, 0.717) is 11.6 Å². The van der Waals surface area contributed by atoms with Gasteiger partial charge in [0.05, 0.1) is 5.88 Å². The summed E-state index contributed by atoms with van der Waals surface area (Å²) in [5.41, 5.74) is 0.514. The fourth-order valence-corrected chi connectivity index (χ4v) is 1.46. The maximum Gasteiger partial charge on any atom is 0.178 e. The van der Waals surface area contributed by atoms with Crippen molar-refractivity contribution in [2.45, 2.75) is 12.8 Å². The third-order valence-corrected chi connectivity index (χ3v) is 2.29. The largest absolute Gasteiger partial charge is 0.293 e. The molecule has 0 unspecified atom stereocenters. The van der Waals surface area contributed by atoms with E-state index in [9.17, 15) is 4.79 Å². The van der Waals surface area contributed by atoms with E-state index in [4.69, 9.17) is 11.6 Å². The first-order chi connectivity index (χ1) is 4.74. The molecular formula is C6H6ClNOS. The standard InChI is InChI=1S/C6H6ClNOS/c1-4(9)5-3-10-6(2-7)8-5/h3H,2H2,1H3. The zero-order valence-corrected chi connectivity index (χ0v) is 7.00. The van der Waals surface area contributed by atoms with Gasteiger partial charge in [-0.15, -0.1) is 22.9 Å². The lowest BCUT2D eigenvalue weighted by Gasteiger charge is -1.82. The number of hydrogen-bond donors (Lipinski definition) is 0. The Hall–Kier alpha value is -0.410. The number of nitrogens with zero attached hydrogens (tertiary/aromatic N) is 1. The Morgan fingerprint density at radius 3 is 2.90 bits per heavy atom. The van der Waals surface area contributed by atoms with Gasteiger partial charge in [-0.25, -0.2) is 4.98 Å². The average molecular weight is 176 g/mol. The van der Waals surface area contributed by atoms with Gasteiger partial charge in [-0.3, -0.25) is 4.79 Å². The molecule has 0 bridgehead atoms. The van der Waals surface area contributed by atoms with Crippen molar-refractivity contribution >= 4 is 28.7 Å². The second-order valence-corrected chi connectivity index (χ2v) is 3.03. The molecule has 0 aliphatic rings. The van der Waals surface area contributed by atoms with E-state index in [1.807, 2.05) is 0 Å². The molecular weight excluding hydrogens is 170 g/mol. The lowest BCUT2D eigenvalue weighted by molar-refractivity contribution is 0.101. The highest BCUT2D eigenvalue weighted by atomic mass is 35.5. The van der Waals surface area contributed by atoms with E-state index in [-0.39, 0.29) is 5.78 Å². The molecule has 1 aromatic rings. The normalized spacial score (nSPS) is 9.80. The van der Waals surface area contributed by atoms with Gasteiger partial charge in [0.2, 0.25) is 0 Å². The number of aromatic nitrogens is 1. The topological polar surface area (TPSA) is 30.0 Å². The molecule has 0 saturated heterocycles. The maximum absolute atomic E-state index is 10.7. The van der Waals surface area contributed by atoms with E-state index in [1.54, 1.807) is 5.38 Å². The zero-order chi connectivity index (χ0) is 7.56. The van der Waals surface area contributed by atoms with Crippen LogP contribution >= 0.6 is 22.9 Å². The molecule has 0 aliphatic carbocycles. The molecule has 4 heteroatoms. The molecule has 0 aromatic carbocycles. The highest BCUT2D eigenvalue weighted by Crippen LogP contribution is 2.11. The number of rotatable bonds is 2. The third kappa shape index (κ3) is 1.55. The lowest BCUT2D eigenvalue weighted by Crippen LogP contribution is -1.91. The highest BCUT2D eigenvalue weighted by molar-refractivity contribution is 7.10. The summed E-state index contributed by atoms with van der Waals surface area (Å²) in [6.07, 6.45) is 0. The van der Waals surface area contributed by atoms with Crippen molar-refractivity contribution in [2.24, 2.45) is 0 Å². The van der Waals surface area contributed by atoms with Gasteiger partial charge in [0.1, 0.15) is 10.7 Å². The Bertz CT molecular complexity index is 246. The number of carbonyl (C=O) groups excluding carboxylic acids is 1. The van der Waals surface area contributed by atoms with Crippen LogP contribution in [-0.2, 0) is 5.88 Å². The number of Topliss-reactive ketones (excluding diaryl/α,β-unsaturated/α-hetero) is 1. The summed E-state index contributed by atoms with van der Waals surface area (Å²) in [6, 6.07) is 0. The fourth-order valence-electron chi connectivity index (χ4n) is 0.534. The summed E-state index contributed by atoms with van der Waals surface area (Å²) in [5, 5.41) is 2.52. The van der Waals surface area contributed by atoms with Crippen molar-refractivity contribution in [2.75, 3.05) is 0 Å². The van der Waals surface area contributed by atoms with Crippen molar-refractivity contribution in [3.8, 4) is 0 Å². The maximum atomic E-state index is 10.7. The molecule has 0 N–H and O–H groups in total. The van der Waals surface area contributed by atoms with E-state index < -0.39 is 0 Å². The Morgan fingerprint density at radius 1 is 1.90 bits per heavy atom. The van der Waals surface area contributed by atoms with Gasteiger partial charge in [-0.2, -0.15) is 0 Å². The molecule has 10 heavy (non-hydrogen) atoms. The molecule has 0 fully saturated rings. The van der Waals surface area contributed by atoms with Crippen molar-refractivity contribution in [1.29, 1.82) is 0 Å². The van der Waals surface area contributed by atoms with E-state index >= 15 is 0 Å². The van der Waals surface area contributed by atoms with Crippen LogP contribution in [0.15, 0.2) is 5.38 Å². The summed E-state index contributed by atoms with van der Waals surface area (Å²) in [4.78, 5) is 14.6. The number of alkyl halides is 1. The van der Waals surface area contributed by atoms with Crippen LogP contribution in [0, 0.1) is 0 Å². The smallest absolute Gasteiger partial charge is 0.178 e. The van der Waals surface area contributed by atoms with Crippen LogP contribution in [0.1, 0.15) is 22.4 Å². The van der Waals surface area contributed by atoms with Gasteiger partial charge in [-0.05, 0) is 0 Å². The minimum absolute atomic E-state index is 0.00684. The van der Waals surface area contributed by atoms with Gasteiger partial charge in [0, 0.05) is 12.3 Å². The first-order valence-corrected chi connectivity index (χ1v) is 4.16. The molecule has 1 aromatic heterocycles. The molecule has 0 saturated carbocycles. The average Bonchev–Trinajstić information content (AvgIpc) is 2.34. The van der Waals surface area contributed by atoms with Gasteiger partial charge in [-0.1, -0.05) is 0 Å². The monoisotopic (exact) mass is 175 g/mol. The third-order valence-electron chi connectivity index (χ3n) is 1.03. The second-order valence-electron chi connectivity index (χ2n) is 1.82. The minimum Gasteiger partial charge on any atom is -0.293 e. The fraction of sp³-hybridized carbons (Fsp3) is 0.333. The van der Waals surface area contributed by atoms with Crippen LogP contribution in [0.3, 0.4) is 0 Å². The summed E-state index contributed by atoms with van der Waals surface area (Å²) in [7, 11) is 0. The number of carbonyl (C=O) groups is 1. The predicted molar refractivity (Wildman–Crippen MR) is 41.7 cm³/mol. The van der Waals surface area contributed by atoms with Crippen molar-refractivity contribution < 1.29 is 4.79 Å². The van der Waals surface area contributed by atoms with Crippen molar-refractivity contribution in [1.82, 2.24) is 4.98 Å². The Kier molecular flexibility index (Phi) is 2.40. The first kappa shape index (κ1) is 7.69. The van der Waals surface area contributed by atoms with Crippen LogP contribution in [-0.4, -0.2) is 10.8 Å². The summed E-state index contributed by atoms with van der Waals surface area (Å²) >= 11 is 6.90. The molecule has 2 nitrogen and oxygen atoms in total. The van der Waals surface area contributed by atoms with Crippen LogP contribution in [0.25, 0.3) is 0 Å². The number of halogens is 1. The van der Waals surface area contributed by atoms with Gasteiger partial charge < -0.3 is 0 Å². The molecule has 0 radical (unpaired) electrons. The van der Waals surface area contributed by atoms with Gasteiger partial charge >= 0.3 is 0 Å². The molecule has 0 aliphatic heterocycles. The van der Waals surface area contributed by atoms with E-state index in [1.165, 1.54) is 18.3 Å². The SMILES string of the molecule is CC(=O)c1csc(CCl)n1. The molecule has 0 amide bonds. The van der Waals surface area contributed by atoms with Crippen LogP contribution in [0.2, 0.25) is 0 Å². The molecule has 0 atom stereocenters. The minimum atomic E-state index is -0.00684. The van der Waals surface area contributed by atoms with E-state index in [0.717, 1.165) is 5.01 Å².